The van der Waals surface area contributed by atoms with Crippen molar-refractivity contribution >= 4 is 0 Å². The van der Waals surface area contributed by atoms with Gasteiger partial charge in [-0.3, -0.25) is 0 Å². The van der Waals surface area contributed by atoms with Gasteiger partial charge in [-0.2, -0.15) is 0 Å². The number of nitrogens with one attached hydrogen (secondary N) is 1. The normalized spacial score (nSPS) is 10.8. The van der Waals surface area contributed by atoms with Crippen LogP contribution >= 0.6 is 0 Å². The lowest BCUT2D eigenvalue weighted by Crippen LogP contribution is -2.12. The van der Waals surface area contributed by atoms with Crippen LogP contribution in [0.15, 0.2) is 21.2 Å². The first-order chi connectivity index (χ1) is 7.25. The molecule has 0 atom stereocenters. The average Bonchev–Trinajstić information content (AvgIpc) is 2.79. The Balaban J connectivity index is 1.83. The van der Waals surface area contributed by atoms with Crippen LogP contribution in [0.2, 0.25) is 0 Å². The third-order valence-electron chi connectivity index (χ3n) is 2.14. The minimum absolute atomic E-state index is 0.593. The molecule has 0 aromatic carbocycles. The molecule has 2 aromatic rings. The summed E-state index contributed by atoms with van der Waals surface area (Å²) in [6.45, 7) is 5.05. The molecule has 0 aliphatic carbocycles. The first kappa shape index (κ1) is 9.92. The smallest absolute Gasteiger partial charge is 0.208 e. The van der Waals surface area contributed by atoms with Crippen LogP contribution in [0.5, 0.6) is 0 Å². The molecule has 2 rings (SSSR count). The van der Waals surface area contributed by atoms with Crippen LogP contribution in [0, 0.1) is 13.8 Å². The fourth-order valence-electron chi connectivity index (χ4n) is 1.24. The number of aromatic nitrogens is 2. The van der Waals surface area contributed by atoms with Gasteiger partial charge in [-0.15, -0.1) is 0 Å². The van der Waals surface area contributed by atoms with Gasteiger partial charge in [-0.1, -0.05) is 5.16 Å². The van der Waals surface area contributed by atoms with Crippen LogP contribution in [0.1, 0.15) is 23.1 Å². The lowest BCUT2D eigenvalue weighted by molar-refractivity contribution is 0.366. The van der Waals surface area contributed by atoms with Crippen molar-refractivity contribution in [3.8, 4) is 0 Å². The monoisotopic (exact) mass is 207 g/mol. The zero-order valence-corrected chi connectivity index (χ0v) is 8.78. The number of oxazole rings is 1. The lowest BCUT2D eigenvalue weighted by Gasteiger charge is -1.96. The van der Waals surface area contributed by atoms with Crippen molar-refractivity contribution in [2.24, 2.45) is 0 Å². The van der Waals surface area contributed by atoms with Gasteiger partial charge in [0.05, 0.1) is 25.0 Å². The topological polar surface area (TPSA) is 64.1 Å². The molecule has 15 heavy (non-hydrogen) atoms. The highest BCUT2D eigenvalue weighted by molar-refractivity contribution is 5.05. The second-order valence-electron chi connectivity index (χ2n) is 3.33. The van der Waals surface area contributed by atoms with Gasteiger partial charge in [0.25, 0.3) is 0 Å². The maximum Gasteiger partial charge on any atom is 0.208 e. The standard InChI is InChI=1S/C10H13N3O2/c1-7-8(2)14-10(13-7)6-11-5-9-3-4-12-15-9/h3-4,11H,5-6H2,1-2H3. The molecule has 0 saturated heterocycles. The Morgan fingerprint density at radius 1 is 1.33 bits per heavy atom. The van der Waals surface area contributed by atoms with E-state index in [2.05, 4.69) is 15.5 Å². The van der Waals surface area contributed by atoms with Crippen molar-refractivity contribution in [2.75, 3.05) is 0 Å². The van der Waals surface area contributed by atoms with Crippen molar-refractivity contribution in [1.82, 2.24) is 15.5 Å². The summed E-state index contributed by atoms with van der Waals surface area (Å²) in [4.78, 5) is 4.25. The maximum absolute atomic E-state index is 5.41. The fourth-order valence-corrected chi connectivity index (χ4v) is 1.24. The van der Waals surface area contributed by atoms with Crippen LogP contribution in [0.4, 0.5) is 0 Å². The molecule has 2 heterocycles. The summed E-state index contributed by atoms with van der Waals surface area (Å²) >= 11 is 0. The molecule has 0 amide bonds. The first-order valence-corrected chi connectivity index (χ1v) is 4.79. The molecule has 2 aromatic heterocycles. The first-order valence-electron chi connectivity index (χ1n) is 4.79. The van der Waals surface area contributed by atoms with Gasteiger partial charge in [0.15, 0.2) is 0 Å². The SMILES string of the molecule is Cc1nc(CNCc2ccno2)oc1C. The van der Waals surface area contributed by atoms with Crippen molar-refractivity contribution < 1.29 is 8.94 Å². The van der Waals surface area contributed by atoms with Crippen molar-refractivity contribution in [1.29, 1.82) is 0 Å². The zero-order chi connectivity index (χ0) is 10.7. The van der Waals surface area contributed by atoms with Crippen LogP contribution < -0.4 is 5.32 Å². The van der Waals surface area contributed by atoms with Crippen molar-refractivity contribution in [2.45, 2.75) is 26.9 Å². The summed E-state index contributed by atoms with van der Waals surface area (Å²) in [6.07, 6.45) is 1.62. The van der Waals surface area contributed by atoms with E-state index in [4.69, 9.17) is 8.94 Å². The highest BCUT2D eigenvalue weighted by atomic mass is 16.5. The highest BCUT2D eigenvalue weighted by Gasteiger charge is 2.05. The molecule has 0 radical (unpaired) electrons. The molecule has 5 heteroatoms. The molecule has 0 bridgehead atoms. The van der Waals surface area contributed by atoms with Gasteiger partial charge < -0.3 is 14.3 Å². The number of nitrogens with zero attached hydrogens (tertiary/aromatic N) is 2. The molecule has 0 saturated carbocycles. The van der Waals surface area contributed by atoms with E-state index in [0.717, 1.165) is 17.2 Å². The molecule has 0 spiro atoms. The number of hydrogen-bond donors (Lipinski definition) is 1. The number of aryl methyl sites for hydroxylation is 2. The molecule has 0 aliphatic heterocycles. The predicted molar refractivity (Wildman–Crippen MR) is 53.0 cm³/mol. The molecule has 1 N–H and O–H groups in total. The van der Waals surface area contributed by atoms with Crippen molar-refractivity contribution in [3.05, 3.63) is 35.4 Å². The van der Waals surface area contributed by atoms with E-state index >= 15 is 0 Å². The minimum Gasteiger partial charge on any atom is -0.444 e. The Bertz CT molecular complexity index is 400. The molecular formula is C10H13N3O2. The summed E-state index contributed by atoms with van der Waals surface area (Å²) in [7, 11) is 0. The third-order valence-corrected chi connectivity index (χ3v) is 2.14. The second-order valence-corrected chi connectivity index (χ2v) is 3.33. The molecule has 0 aliphatic rings. The van der Waals surface area contributed by atoms with E-state index in [1.165, 1.54) is 0 Å². The summed E-state index contributed by atoms with van der Waals surface area (Å²) < 4.78 is 10.4. The average molecular weight is 207 g/mol. The summed E-state index contributed by atoms with van der Waals surface area (Å²) in [6, 6.07) is 1.82. The maximum atomic E-state index is 5.41. The molecule has 5 nitrogen and oxygen atoms in total. The Kier molecular flexibility index (Phi) is 2.82. The molecule has 80 valence electrons. The van der Waals surface area contributed by atoms with E-state index in [1.807, 2.05) is 19.9 Å². The third kappa shape index (κ3) is 2.44. The Morgan fingerprint density at radius 3 is 2.80 bits per heavy atom. The zero-order valence-electron chi connectivity index (χ0n) is 8.78. The van der Waals surface area contributed by atoms with Crippen LogP contribution in [0.25, 0.3) is 0 Å². The quantitative estimate of drug-likeness (QED) is 0.824. The number of hydrogen-bond acceptors (Lipinski definition) is 5. The van der Waals surface area contributed by atoms with Gasteiger partial charge in [0.1, 0.15) is 11.5 Å². The minimum atomic E-state index is 0.593. The van der Waals surface area contributed by atoms with Gasteiger partial charge in [0, 0.05) is 6.07 Å². The Labute approximate surface area is 87.5 Å². The highest BCUT2D eigenvalue weighted by Crippen LogP contribution is 2.07. The molecule has 0 unspecified atom stereocenters. The van der Waals surface area contributed by atoms with Crippen molar-refractivity contribution in [3.63, 3.8) is 0 Å². The van der Waals surface area contributed by atoms with E-state index < -0.39 is 0 Å². The Hall–Kier alpha value is -1.62. The lowest BCUT2D eigenvalue weighted by atomic mass is 10.4. The van der Waals surface area contributed by atoms with E-state index in [-0.39, 0.29) is 0 Å². The summed E-state index contributed by atoms with van der Waals surface area (Å²) in [5, 5.41) is 6.77. The van der Waals surface area contributed by atoms with Gasteiger partial charge in [0.2, 0.25) is 5.89 Å². The second kappa shape index (κ2) is 4.27. The summed E-state index contributed by atoms with van der Waals surface area (Å²) in [5.74, 6) is 2.37. The fraction of sp³-hybridized carbons (Fsp3) is 0.400. The van der Waals surface area contributed by atoms with E-state index in [1.54, 1.807) is 6.20 Å². The van der Waals surface area contributed by atoms with Gasteiger partial charge in [-0.05, 0) is 13.8 Å². The molecule has 0 fully saturated rings. The molecular weight excluding hydrogens is 194 g/mol. The number of rotatable bonds is 4. The van der Waals surface area contributed by atoms with Crippen LogP contribution in [-0.4, -0.2) is 10.1 Å². The predicted octanol–water partition coefficient (Wildman–Crippen LogP) is 1.57. The van der Waals surface area contributed by atoms with Gasteiger partial charge >= 0.3 is 0 Å². The van der Waals surface area contributed by atoms with E-state index in [9.17, 15) is 0 Å². The summed E-state index contributed by atoms with van der Waals surface area (Å²) in [5.41, 5.74) is 0.937. The van der Waals surface area contributed by atoms with Crippen LogP contribution in [-0.2, 0) is 13.1 Å². The van der Waals surface area contributed by atoms with Gasteiger partial charge in [-0.25, -0.2) is 4.98 Å². The Morgan fingerprint density at radius 2 is 2.20 bits per heavy atom. The van der Waals surface area contributed by atoms with Crippen LogP contribution in [0.3, 0.4) is 0 Å². The largest absolute Gasteiger partial charge is 0.444 e. The van der Waals surface area contributed by atoms with E-state index in [0.29, 0.717) is 19.0 Å².